The summed E-state index contributed by atoms with van der Waals surface area (Å²) in [4.78, 5) is 3.67. The van der Waals surface area contributed by atoms with Crippen molar-refractivity contribution >= 4 is 0 Å². The maximum atomic E-state index is 14.1. The molecule has 0 spiro atoms. The predicted molar refractivity (Wildman–Crippen MR) is 72.0 cm³/mol. The van der Waals surface area contributed by atoms with E-state index in [0.29, 0.717) is 12.1 Å². The summed E-state index contributed by atoms with van der Waals surface area (Å²) in [5.74, 6) is -0.691. The number of nitrogens with zero attached hydrogens (tertiary/aromatic N) is 1. The van der Waals surface area contributed by atoms with Crippen LogP contribution in [0.25, 0.3) is 11.1 Å². The monoisotopic (exact) mass is 298 g/mol. The van der Waals surface area contributed by atoms with Gasteiger partial charge in [-0.1, -0.05) is 19.1 Å². The van der Waals surface area contributed by atoms with Crippen molar-refractivity contribution in [3.05, 3.63) is 53.6 Å². The summed E-state index contributed by atoms with van der Waals surface area (Å²) in [7, 11) is 0. The van der Waals surface area contributed by atoms with Crippen LogP contribution in [0.5, 0.6) is 0 Å². The molecule has 6 heteroatoms. The maximum absolute atomic E-state index is 14.1. The van der Waals surface area contributed by atoms with Crippen LogP contribution in [0.4, 0.5) is 17.6 Å². The van der Waals surface area contributed by atoms with Crippen molar-refractivity contribution in [1.82, 2.24) is 10.3 Å². The molecule has 0 saturated heterocycles. The molecule has 0 bridgehead atoms. The largest absolute Gasteiger partial charge is 0.417 e. The fourth-order valence-corrected chi connectivity index (χ4v) is 2.01. The molecule has 1 N–H and O–H groups in total. The molecule has 0 amide bonds. The summed E-state index contributed by atoms with van der Waals surface area (Å²) in [6, 6.07) is 5.05. The van der Waals surface area contributed by atoms with Crippen LogP contribution in [0.3, 0.4) is 0 Å². The molecule has 0 radical (unpaired) electrons. The van der Waals surface area contributed by atoms with Crippen molar-refractivity contribution in [1.29, 1.82) is 0 Å². The first-order valence-electron chi connectivity index (χ1n) is 6.44. The molecule has 2 rings (SSSR count). The summed E-state index contributed by atoms with van der Waals surface area (Å²) >= 11 is 0. The number of benzene rings is 1. The summed E-state index contributed by atoms with van der Waals surface area (Å²) in [5.41, 5.74) is -0.570. The number of nitrogens with one attached hydrogen (secondary N) is 1. The van der Waals surface area contributed by atoms with Crippen molar-refractivity contribution in [3.63, 3.8) is 0 Å². The van der Waals surface area contributed by atoms with E-state index in [-0.39, 0.29) is 11.1 Å². The molecule has 0 aliphatic carbocycles. The van der Waals surface area contributed by atoms with Crippen LogP contribution in [0.15, 0.2) is 36.7 Å². The minimum atomic E-state index is -4.55. The van der Waals surface area contributed by atoms with Gasteiger partial charge >= 0.3 is 6.18 Å². The number of hydrogen-bond donors (Lipinski definition) is 1. The lowest BCUT2D eigenvalue weighted by Gasteiger charge is -2.13. The highest BCUT2D eigenvalue weighted by atomic mass is 19.4. The predicted octanol–water partition coefficient (Wildman–Crippen LogP) is 4.02. The van der Waals surface area contributed by atoms with Crippen LogP contribution in [0, 0.1) is 5.82 Å². The van der Waals surface area contributed by atoms with Gasteiger partial charge in [0.15, 0.2) is 0 Å². The van der Waals surface area contributed by atoms with E-state index < -0.39 is 17.6 Å². The van der Waals surface area contributed by atoms with Crippen molar-refractivity contribution in [3.8, 4) is 11.1 Å². The zero-order valence-electron chi connectivity index (χ0n) is 11.3. The van der Waals surface area contributed by atoms with E-state index in [4.69, 9.17) is 0 Å². The third kappa shape index (κ3) is 3.58. The van der Waals surface area contributed by atoms with Gasteiger partial charge in [-0.2, -0.15) is 13.2 Å². The zero-order valence-corrected chi connectivity index (χ0v) is 11.3. The Hall–Kier alpha value is -1.95. The summed E-state index contributed by atoms with van der Waals surface area (Å²) in [6.45, 7) is 3.10. The molecule has 0 unspecified atom stereocenters. The van der Waals surface area contributed by atoms with Gasteiger partial charge in [0.05, 0.1) is 5.56 Å². The summed E-state index contributed by atoms with van der Waals surface area (Å²) < 4.78 is 53.0. The zero-order chi connectivity index (χ0) is 15.5. The normalized spacial score (nSPS) is 11.7. The Bertz CT molecular complexity index is 623. The maximum Gasteiger partial charge on any atom is 0.417 e. The van der Waals surface area contributed by atoms with Crippen LogP contribution in [0.2, 0.25) is 0 Å². The number of alkyl halides is 3. The molecule has 0 aliphatic heterocycles. The molecule has 0 fully saturated rings. The minimum absolute atomic E-state index is 0.101. The first-order valence-corrected chi connectivity index (χ1v) is 6.44. The average molecular weight is 298 g/mol. The Morgan fingerprint density at radius 3 is 2.52 bits per heavy atom. The number of pyridine rings is 1. The first-order chi connectivity index (χ1) is 9.93. The lowest BCUT2D eigenvalue weighted by Crippen LogP contribution is -2.12. The highest BCUT2D eigenvalue weighted by molar-refractivity contribution is 5.68. The second kappa shape index (κ2) is 6.22. The third-order valence-corrected chi connectivity index (χ3v) is 3.03. The van der Waals surface area contributed by atoms with E-state index in [1.807, 2.05) is 6.92 Å². The van der Waals surface area contributed by atoms with Crippen LogP contribution in [-0.4, -0.2) is 11.5 Å². The van der Waals surface area contributed by atoms with Gasteiger partial charge in [-0.05, 0) is 24.2 Å². The van der Waals surface area contributed by atoms with Crippen molar-refractivity contribution in [2.24, 2.45) is 0 Å². The molecular weight excluding hydrogens is 284 g/mol. The molecule has 2 aromatic rings. The van der Waals surface area contributed by atoms with E-state index in [9.17, 15) is 17.6 Å². The number of aromatic nitrogens is 1. The second-order valence-electron chi connectivity index (χ2n) is 4.51. The van der Waals surface area contributed by atoms with Crippen LogP contribution in [-0.2, 0) is 12.7 Å². The highest BCUT2D eigenvalue weighted by Gasteiger charge is 2.34. The SMILES string of the molecule is CCNCc1ccc(-c2cnccc2C(F)(F)F)c(F)c1. The topological polar surface area (TPSA) is 24.9 Å². The third-order valence-electron chi connectivity index (χ3n) is 3.03. The van der Waals surface area contributed by atoms with E-state index in [1.54, 1.807) is 6.07 Å². The molecular formula is C15H14F4N2. The smallest absolute Gasteiger partial charge is 0.313 e. The van der Waals surface area contributed by atoms with Crippen molar-refractivity contribution in [2.45, 2.75) is 19.6 Å². The van der Waals surface area contributed by atoms with Gasteiger partial charge in [-0.15, -0.1) is 0 Å². The van der Waals surface area contributed by atoms with E-state index in [0.717, 1.165) is 25.0 Å². The number of rotatable bonds is 4. The first kappa shape index (κ1) is 15.4. The van der Waals surface area contributed by atoms with Gasteiger partial charge in [0.2, 0.25) is 0 Å². The van der Waals surface area contributed by atoms with Crippen molar-refractivity contribution < 1.29 is 17.6 Å². The van der Waals surface area contributed by atoms with Gasteiger partial charge in [-0.25, -0.2) is 4.39 Å². The fourth-order valence-electron chi connectivity index (χ4n) is 2.01. The fraction of sp³-hybridized carbons (Fsp3) is 0.267. The average Bonchev–Trinajstić information content (AvgIpc) is 2.44. The van der Waals surface area contributed by atoms with Crippen LogP contribution >= 0.6 is 0 Å². The lowest BCUT2D eigenvalue weighted by molar-refractivity contribution is -0.137. The van der Waals surface area contributed by atoms with Crippen LogP contribution < -0.4 is 5.32 Å². The molecule has 112 valence electrons. The van der Waals surface area contributed by atoms with E-state index in [1.165, 1.54) is 12.1 Å². The van der Waals surface area contributed by atoms with Crippen LogP contribution in [0.1, 0.15) is 18.1 Å². The van der Waals surface area contributed by atoms with Gasteiger partial charge in [0.1, 0.15) is 5.82 Å². The Morgan fingerprint density at radius 2 is 1.90 bits per heavy atom. The highest BCUT2D eigenvalue weighted by Crippen LogP contribution is 2.37. The van der Waals surface area contributed by atoms with E-state index in [2.05, 4.69) is 10.3 Å². The Balaban J connectivity index is 2.44. The Labute approximate surface area is 119 Å². The van der Waals surface area contributed by atoms with Gasteiger partial charge < -0.3 is 5.32 Å². The van der Waals surface area contributed by atoms with Crippen molar-refractivity contribution in [2.75, 3.05) is 6.54 Å². The summed E-state index contributed by atoms with van der Waals surface area (Å²) in [5, 5.41) is 3.03. The second-order valence-corrected chi connectivity index (χ2v) is 4.51. The van der Waals surface area contributed by atoms with Gasteiger partial charge in [0.25, 0.3) is 0 Å². The van der Waals surface area contributed by atoms with Gasteiger partial charge in [-0.3, -0.25) is 4.98 Å². The molecule has 1 aromatic heterocycles. The molecule has 0 saturated carbocycles. The molecule has 21 heavy (non-hydrogen) atoms. The molecule has 0 atom stereocenters. The molecule has 2 nitrogen and oxygen atoms in total. The lowest BCUT2D eigenvalue weighted by atomic mass is 10.00. The molecule has 0 aliphatic rings. The number of hydrogen-bond acceptors (Lipinski definition) is 2. The summed E-state index contributed by atoms with van der Waals surface area (Å²) in [6.07, 6.45) is -2.47. The van der Waals surface area contributed by atoms with E-state index >= 15 is 0 Å². The molecule has 1 aromatic carbocycles. The standard InChI is InChI=1S/C15H14F4N2/c1-2-20-8-10-3-4-11(14(16)7-10)12-9-21-6-5-13(12)15(17,18)19/h3-7,9,20H,2,8H2,1H3. The number of halogens is 4. The Morgan fingerprint density at radius 1 is 1.14 bits per heavy atom. The minimum Gasteiger partial charge on any atom is -0.313 e. The molecule has 1 heterocycles. The Kier molecular flexibility index (Phi) is 4.57. The van der Waals surface area contributed by atoms with Gasteiger partial charge in [0, 0.05) is 30.1 Å². The quantitative estimate of drug-likeness (QED) is 0.863.